The zero-order valence-electron chi connectivity index (χ0n) is 23.8. The van der Waals surface area contributed by atoms with Crippen molar-refractivity contribution in [1.82, 2.24) is 0 Å². The second-order valence-electron chi connectivity index (χ2n) is 12.7. The first-order chi connectivity index (χ1) is 18.3. The van der Waals surface area contributed by atoms with Crippen molar-refractivity contribution in [1.29, 1.82) is 0 Å². The molecule has 4 aromatic rings. The first-order valence-electron chi connectivity index (χ1n) is 14.7. The van der Waals surface area contributed by atoms with Crippen LogP contribution in [-0.2, 0) is 10.8 Å². The maximum Gasteiger partial charge on any atom is 0.0677 e. The molecule has 1 unspecified atom stereocenters. The van der Waals surface area contributed by atoms with Crippen LogP contribution in [0.25, 0.3) is 21.5 Å². The maximum absolute atomic E-state index is 5.12. The lowest BCUT2D eigenvalue weighted by Gasteiger charge is -2.32. The highest BCUT2D eigenvalue weighted by atomic mass is 15.2. The van der Waals surface area contributed by atoms with E-state index in [4.69, 9.17) is 4.99 Å². The summed E-state index contributed by atoms with van der Waals surface area (Å²) in [4.78, 5) is 7.68. The van der Waals surface area contributed by atoms with E-state index in [2.05, 4.69) is 112 Å². The van der Waals surface area contributed by atoms with Gasteiger partial charge in [-0.1, -0.05) is 114 Å². The summed E-state index contributed by atoms with van der Waals surface area (Å²) in [5, 5.41) is 5.48. The Labute approximate surface area is 228 Å². The van der Waals surface area contributed by atoms with E-state index in [0.29, 0.717) is 6.04 Å². The van der Waals surface area contributed by atoms with Gasteiger partial charge in [-0.25, -0.2) is 0 Å². The van der Waals surface area contributed by atoms with Gasteiger partial charge in [-0.3, -0.25) is 4.99 Å². The minimum Gasteiger partial charge on any atom is -0.370 e. The average molecular weight is 503 g/mol. The standard InChI is InChI=1S/C36H42N2/c1-35(2)31(37-29-23-21-25-15-11-13-17-27(25)33(29)35)19-9-7-6-8-10-20-32-36(3,4)34-28-18-14-12-16-26(28)22-24-30(34)38(32)5/h11-18,21-24,32H,6-10,19-20H2,1-5H3. The number of hydrogen-bond acceptors (Lipinski definition) is 2. The van der Waals surface area contributed by atoms with Crippen molar-refractivity contribution in [3.8, 4) is 0 Å². The number of likely N-dealkylation sites (N-methyl/N-ethyl adjacent to an activating group) is 1. The second-order valence-corrected chi connectivity index (χ2v) is 12.7. The number of nitrogens with zero attached hydrogens (tertiary/aromatic N) is 2. The Hall–Kier alpha value is -3.13. The Kier molecular flexibility index (Phi) is 6.33. The second kappa shape index (κ2) is 9.56. The Morgan fingerprint density at radius 1 is 0.684 bits per heavy atom. The lowest BCUT2D eigenvalue weighted by atomic mass is 9.76. The van der Waals surface area contributed by atoms with Crippen molar-refractivity contribution in [3.05, 3.63) is 83.9 Å². The number of benzene rings is 4. The van der Waals surface area contributed by atoms with Crippen LogP contribution in [0.2, 0.25) is 0 Å². The first-order valence-corrected chi connectivity index (χ1v) is 14.7. The van der Waals surface area contributed by atoms with Gasteiger partial charge in [0.25, 0.3) is 0 Å². The summed E-state index contributed by atoms with van der Waals surface area (Å²) < 4.78 is 0. The van der Waals surface area contributed by atoms with E-state index in [1.54, 1.807) is 0 Å². The van der Waals surface area contributed by atoms with Gasteiger partial charge in [0.15, 0.2) is 0 Å². The summed E-state index contributed by atoms with van der Waals surface area (Å²) in [6.07, 6.45) is 8.83. The molecule has 2 heterocycles. The van der Waals surface area contributed by atoms with Crippen LogP contribution in [0.3, 0.4) is 0 Å². The Bertz CT molecular complexity index is 1520. The summed E-state index contributed by atoms with van der Waals surface area (Å²) in [5.41, 5.74) is 7.11. The minimum atomic E-state index is 0.0218. The van der Waals surface area contributed by atoms with Gasteiger partial charge in [0.1, 0.15) is 0 Å². The molecule has 2 aliphatic rings. The molecule has 0 aromatic heterocycles. The predicted molar refractivity (Wildman–Crippen MR) is 166 cm³/mol. The fourth-order valence-electron chi connectivity index (χ4n) is 7.57. The molecular weight excluding hydrogens is 460 g/mol. The third kappa shape index (κ3) is 4.04. The highest BCUT2D eigenvalue weighted by Gasteiger charge is 2.43. The van der Waals surface area contributed by atoms with Crippen molar-refractivity contribution >= 4 is 38.6 Å². The fourth-order valence-corrected chi connectivity index (χ4v) is 7.57. The predicted octanol–water partition coefficient (Wildman–Crippen LogP) is 9.88. The van der Waals surface area contributed by atoms with Crippen LogP contribution in [-0.4, -0.2) is 18.8 Å². The molecule has 6 rings (SSSR count). The molecule has 38 heavy (non-hydrogen) atoms. The van der Waals surface area contributed by atoms with Gasteiger partial charge in [0, 0.05) is 35.3 Å². The van der Waals surface area contributed by atoms with Gasteiger partial charge < -0.3 is 4.90 Å². The van der Waals surface area contributed by atoms with Gasteiger partial charge >= 0.3 is 0 Å². The molecule has 0 fully saturated rings. The van der Waals surface area contributed by atoms with E-state index in [0.717, 1.165) is 6.42 Å². The van der Waals surface area contributed by atoms with E-state index in [1.165, 1.54) is 88.3 Å². The SMILES string of the molecule is CN1c2ccc3ccccc3c2C(C)(C)C1CCCCCCCC1=Nc2ccc3ccccc3c2C1(C)C. The van der Waals surface area contributed by atoms with Crippen LogP contribution in [0.15, 0.2) is 77.8 Å². The van der Waals surface area contributed by atoms with E-state index >= 15 is 0 Å². The summed E-state index contributed by atoms with van der Waals surface area (Å²) in [7, 11) is 2.30. The molecule has 0 saturated heterocycles. The van der Waals surface area contributed by atoms with Crippen LogP contribution in [0.4, 0.5) is 11.4 Å². The van der Waals surface area contributed by atoms with Crippen molar-refractivity contribution in [2.75, 3.05) is 11.9 Å². The molecule has 0 amide bonds. The van der Waals surface area contributed by atoms with E-state index in [1.807, 2.05) is 0 Å². The number of anilines is 1. The summed E-state index contributed by atoms with van der Waals surface area (Å²) in [6, 6.07) is 27.3. The molecule has 0 N–H and O–H groups in total. The maximum atomic E-state index is 5.12. The minimum absolute atomic E-state index is 0.0218. The highest BCUT2D eigenvalue weighted by molar-refractivity contribution is 6.07. The number of hydrogen-bond donors (Lipinski definition) is 0. The van der Waals surface area contributed by atoms with Gasteiger partial charge in [0.05, 0.1) is 5.69 Å². The molecule has 0 aliphatic carbocycles. The van der Waals surface area contributed by atoms with Gasteiger partial charge in [-0.15, -0.1) is 0 Å². The smallest absolute Gasteiger partial charge is 0.0677 e. The molecule has 196 valence electrons. The molecular formula is C36H42N2. The third-order valence-corrected chi connectivity index (χ3v) is 9.63. The Balaban J connectivity index is 1.01. The molecule has 0 saturated carbocycles. The zero-order chi connectivity index (χ0) is 26.5. The van der Waals surface area contributed by atoms with Crippen LogP contribution in [0, 0.1) is 0 Å². The number of rotatable bonds is 8. The van der Waals surface area contributed by atoms with Crippen LogP contribution < -0.4 is 4.90 Å². The number of aliphatic imine (C=N–C) groups is 1. The van der Waals surface area contributed by atoms with Crippen LogP contribution in [0.5, 0.6) is 0 Å². The van der Waals surface area contributed by atoms with Gasteiger partial charge in [-0.2, -0.15) is 0 Å². The zero-order valence-corrected chi connectivity index (χ0v) is 23.8. The Morgan fingerprint density at radius 3 is 2.03 bits per heavy atom. The van der Waals surface area contributed by atoms with Gasteiger partial charge in [-0.05, 0) is 64.1 Å². The topological polar surface area (TPSA) is 15.6 Å². The molecule has 0 spiro atoms. The summed E-state index contributed by atoms with van der Waals surface area (Å²) >= 11 is 0. The largest absolute Gasteiger partial charge is 0.370 e. The summed E-state index contributed by atoms with van der Waals surface area (Å²) in [5.74, 6) is 0. The third-order valence-electron chi connectivity index (χ3n) is 9.63. The van der Waals surface area contributed by atoms with E-state index < -0.39 is 0 Å². The molecule has 2 heteroatoms. The lowest BCUT2D eigenvalue weighted by molar-refractivity contribution is 0.392. The first kappa shape index (κ1) is 25.2. The van der Waals surface area contributed by atoms with Crippen molar-refractivity contribution in [3.63, 3.8) is 0 Å². The van der Waals surface area contributed by atoms with Crippen molar-refractivity contribution in [2.45, 2.75) is 89.5 Å². The van der Waals surface area contributed by atoms with Crippen LogP contribution >= 0.6 is 0 Å². The molecule has 0 bridgehead atoms. The Morgan fingerprint density at radius 2 is 1.29 bits per heavy atom. The normalized spacial score (nSPS) is 19.1. The average Bonchev–Trinajstić information content (AvgIpc) is 3.29. The fraction of sp³-hybridized carbons (Fsp3) is 0.417. The quantitative estimate of drug-likeness (QED) is 0.219. The number of fused-ring (bicyclic) bond motifs is 6. The van der Waals surface area contributed by atoms with E-state index in [-0.39, 0.29) is 10.8 Å². The molecule has 0 radical (unpaired) electrons. The monoisotopic (exact) mass is 502 g/mol. The summed E-state index contributed by atoms with van der Waals surface area (Å²) in [6.45, 7) is 9.64. The van der Waals surface area contributed by atoms with E-state index in [9.17, 15) is 0 Å². The van der Waals surface area contributed by atoms with Crippen molar-refractivity contribution < 1.29 is 0 Å². The number of unbranched alkanes of at least 4 members (excludes halogenated alkanes) is 4. The van der Waals surface area contributed by atoms with Crippen molar-refractivity contribution in [2.24, 2.45) is 4.99 Å². The molecule has 2 aliphatic heterocycles. The molecule has 4 aromatic carbocycles. The van der Waals surface area contributed by atoms with Gasteiger partial charge in [0.2, 0.25) is 0 Å². The highest BCUT2D eigenvalue weighted by Crippen LogP contribution is 2.49. The molecule has 2 nitrogen and oxygen atoms in total. The lowest BCUT2D eigenvalue weighted by Crippen LogP contribution is -2.39. The van der Waals surface area contributed by atoms with Crippen LogP contribution in [0.1, 0.15) is 83.8 Å². The molecule has 1 atom stereocenters.